The molecule has 0 aromatic heterocycles. The second-order valence-corrected chi connectivity index (χ2v) is 6.51. The molecule has 1 unspecified atom stereocenters. The third-order valence-electron chi connectivity index (χ3n) is 4.04. The number of nitrogens with one attached hydrogen (secondary N) is 1. The fourth-order valence-corrected chi connectivity index (χ4v) is 2.48. The van der Waals surface area contributed by atoms with E-state index in [9.17, 15) is 24.3 Å². The number of ether oxygens (including phenoxy) is 2. The van der Waals surface area contributed by atoms with Gasteiger partial charge in [-0.25, -0.2) is 14.4 Å². The minimum absolute atomic E-state index is 0.0218. The molecule has 0 aliphatic carbocycles. The van der Waals surface area contributed by atoms with Crippen molar-refractivity contribution in [2.24, 2.45) is 0 Å². The summed E-state index contributed by atoms with van der Waals surface area (Å²) in [6.45, 7) is 4.97. The lowest BCUT2D eigenvalue weighted by atomic mass is 10.0. The molecule has 26 heavy (non-hydrogen) atoms. The Bertz CT molecular complexity index is 550. The maximum Gasteiger partial charge on any atom is 0.410 e. The highest BCUT2D eigenvalue weighted by Gasteiger charge is 2.41. The van der Waals surface area contributed by atoms with Crippen molar-refractivity contribution >= 4 is 24.1 Å². The minimum Gasteiger partial charge on any atom is -0.467 e. The zero-order valence-corrected chi connectivity index (χ0v) is 15.6. The van der Waals surface area contributed by atoms with Crippen molar-refractivity contribution in [1.82, 2.24) is 15.1 Å². The Kier molecular flexibility index (Phi) is 7.66. The molecule has 1 atom stereocenters. The zero-order chi connectivity index (χ0) is 19.9. The van der Waals surface area contributed by atoms with E-state index in [0.717, 1.165) is 11.3 Å². The van der Waals surface area contributed by atoms with Gasteiger partial charge >= 0.3 is 18.2 Å². The number of carbonyl (C=O) groups is 4. The average molecular weight is 373 g/mol. The first-order chi connectivity index (χ1) is 12.1. The van der Waals surface area contributed by atoms with Crippen LogP contribution in [-0.2, 0) is 19.1 Å². The minimum atomic E-state index is -1.32. The van der Waals surface area contributed by atoms with Gasteiger partial charge in [-0.05, 0) is 20.3 Å². The van der Waals surface area contributed by atoms with Crippen LogP contribution in [0.25, 0.3) is 0 Å². The van der Waals surface area contributed by atoms with E-state index < -0.39 is 35.6 Å². The zero-order valence-electron chi connectivity index (χ0n) is 15.6. The third kappa shape index (κ3) is 5.50. The van der Waals surface area contributed by atoms with E-state index in [1.54, 1.807) is 0 Å². The average Bonchev–Trinajstić information content (AvgIpc) is 2.59. The van der Waals surface area contributed by atoms with E-state index in [1.165, 1.54) is 25.9 Å². The number of rotatable bonds is 6. The van der Waals surface area contributed by atoms with Crippen molar-refractivity contribution in [3.63, 3.8) is 0 Å². The molecule has 1 saturated heterocycles. The van der Waals surface area contributed by atoms with Crippen LogP contribution < -0.4 is 5.32 Å². The predicted molar refractivity (Wildman–Crippen MR) is 90.6 cm³/mol. The molecule has 10 heteroatoms. The lowest BCUT2D eigenvalue weighted by Crippen LogP contribution is -2.64. The Morgan fingerprint density at radius 3 is 2.42 bits per heavy atom. The van der Waals surface area contributed by atoms with E-state index in [4.69, 9.17) is 4.74 Å². The number of methoxy groups -OCH3 is 1. The number of hydrogen-bond acceptors (Lipinski definition) is 6. The Morgan fingerprint density at radius 2 is 1.88 bits per heavy atom. The SMILES string of the molecule is CCCCOC(=O)N1CCN(C(=O)O)CC1C(=O)NC(C)(C)C(=O)OC. The van der Waals surface area contributed by atoms with Gasteiger partial charge in [0.1, 0.15) is 11.6 Å². The van der Waals surface area contributed by atoms with E-state index in [0.29, 0.717) is 6.42 Å². The summed E-state index contributed by atoms with van der Waals surface area (Å²) >= 11 is 0. The summed E-state index contributed by atoms with van der Waals surface area (Å²) in [5.74, 6) is -1.31. The van der Waals surface area contributed by atoms with Gasteiger partial charge < -0.3 is 24.8 Å². The van der Waals surface area contributed by atoms with Crippen molar-refractivity contribution < 1.29 is 33.8 Å². The van der Waals surface area contributed by atoms with Crippen LogP contribution in [-0.4, -0.2) is 83.9 Å². The fourth-order valence-electron chi connectivity index (χ4n) is 2.48. The maximum absolute atomic E-state index is 12.7. The molecule has 2 N–H and O–H groups in total. The molecule has 1 fully saturated rings. The Hall–Kier alpha value is -2.52. The number of unbranched alkanes of at least 4 members (excludes halogenated alkanes) is 1. The number of piperazine rings is 1. The second kappa shape index (κ2) is 9.25. The van der Waals surface area contributed by atoms with Gasteiger partial charge in [0.15, 0.2) is 0 Å². The number of hydrogen-bond donors (Lipinski definition) is 2. The van der Waals surface area contributed by atoms with Gasteiger partial charge in [0.25, 0.3) is 0 Å². The molecule has 0 radical (unpaired) electrons. The van der Waals surface area contributed by atoms with Gasteiger partial charge in [0, 0.05) is 13.1 Å². The summed E-state index contributed by atoms with van der Waals surface area (Å²) in [6, 6.07) is -1.10. The van der Waals surface area contributed by atoms with Crippen LogP contribution in [0.3, 0.4) is 0 Å². The highest BCUT2D eigenvalue weighted by Crippen LogP contribution is 2.15. The van der Waals surface area contributed by atoms with Crippen molar-refractivity contribution in [2.75, 3.05) is 33.4 Å². The van der Waals surface area contributed by atoms with Crippen molar-refractivity contribution in [3.8, 4) is 0 Å². The van der Waals surface area contributed by atoms with Crippen LogP contribution in [0.1, 0.15) is 33.6 Å². The topological polar surface area (TPSA) is 125 Å². The Balaban J connectivity index is 2.92. The quantitative estimate of drug-likeness (QED) is 0.517. The van der Waals surface area contributed by atoms with Gasteiger partial charge in [0.05, 0.1) is 20.3 Å². The Morgan fingerprint density at radius 1 is 1.23 bits per heavy atom. The monoisotopic (exact) mass is 373 g/mol. The van der Waals surface area contributed by atoms with Crippen LogP contribution >= 0.6 is 0 Å². The largest absolute Gasteiger partial charge is 0.467 e. The molecule has 1 rings (SSSR count). The molecule has 0 saturated carbocycles. The van der Waals surface area contributed by atoms with E-state index in [1.807, 2.05) is 6.92 Å². The van der Waals surface area contributed by atoms with Crippen LogP contribution in [0.4, 0.5) is 9.59 Å². The molecule has 1 heterocycles. The first-order valence-corrected chi connectivity index (χ1v) is 8.45. The van der Waals surface area contributed by atoms with Crippen LogP contribution in [0.5, 0.6) is 0 Å². The second-order valence-electron chi connectivity index (χ2n) is 6.51. The van der Waals surface area contributed by atoms with Crippen molar-refractivity contribution in [2.45, 2.75) is 45.2 Å². The summed E-state index contributed by atoms with van der Waals surface area (Å²) in [7, 11) is 1.19. The fraction of sp³-hybridized carbons (Fsp3) is 0.750. The number of esters is 1. The first kappa shape index (κ1) is 21.5. The van der Waals surface area contributed by atoms with Crippen LogP contribution in [0.2, 0.25) is 0 Å². The lowest BCUT2D eigenvalue weighted by molar-refractivity contribution is -0.150. The van der Waals surface area contributed by atoms with E-state index >= 15 is 0 Å². The third-order valence-corrected chi connectivity index (χ3v) is 4.04. The van der Waals surface area contributed by atoms with Crippen molar-refractivity contribution in [3.05, 3.63) is 0 Å². The van der Waals surface area contributed by atoms with Gasteiger partial charge in [-0.1, -0.05) is 13.3 Å². The summed E-state index contributed by atoms with van der Waals surface area (Å²) in [5, 5.41) is 11.7. The molecule has 1 aliphatic heterocycles. The van der Waals surface area contributed by atoms with E-state index in [-0.39, 0.29) is 26.2 Å². The summed E-state index contributed by atoms with van der Waals surface area (Å²) in [5.41, 5.74) is -1.32. The molecule has 0 bridgehead atoms. The molecule has 1 aliphatic rings. The van der Waals surface area contributed by atoms with Crippen LogP contribution in [0.15, 0.2) is 0 Å². The molecule has 3 amide bonds. The van der Waals surface area contributed by atoms with Gasteiger partial charge in [-0.2, -0.15) is 0 Å². The number of carboxylic acid groups (broad SMARTS) is 1. The number of amides is 3. The van der Waals surface area contributed by atoms with E-state index in [2.05, 4.69) is 10.1 Å². The predicted octanol–water partition coefficient (Wildman–Crippen LogP) is 0.655. The molecule has 148 valence electrons. The number of carbonyl (C=O) groups excluding carboxylic acids is 3. The molecule has 0 spiro atoms. The van der Waals surface area contributed by atoms with Gasteiger partial charge in [0.2, 0.25) is 5.91 Å². The molecular formula is C16H27N3O7. The summed E-state index contributed by atoms with van der Waals surface area (Å²) in [4.78, 5) is 50.2. The highest BCUT2D eigenvalue weighted by atomic mass is 16.6. The lowest BCUT2D eigenvalue weighted by Gasteiger charge is -2.39. The van der Waals surface area contributed by atoms with Gasteiger partial charge in [-0.3, -0.25) is 9.69 Å². The Labute approximate surface area is 152 Å². The molecule has 0 aromatic carbocycles. The van der Waals surface area contributed by atoms with Gasteiger partial charge in [-0.15, -0.1) is 0 Å². The smallest absolute Gasteiger partial charge is 0.410 e. The number of nitrogens with zero attached hydrogens (tertiary/aromatic N) is 2. The highest BCUT2D eigenvalue weighted by molar-refractivity contribution is 5.92. The first-order valence-electron chi connectivity index (χ1n) is 8.45. The maximum atomic E-state index is 12.7. The standard InChI is InChI=1S/C16H27N3O7/c1-5-6-9-26-15(24)19-8-7-18(14(22)23)10-11(19)12(20)17-16(2,3)13(21)25-4/h11H,5-10H2,1-4H3,(H,17,20)(H,22,23). The summed E-state index contributed by atoms with van der Waals surface area (Å²) in [6.07, 6.45) is -0.335. The molecule has 0 aromatic rings. The summed E-state index contributed by atoms with van der Waals surface area (Å²) < 4.78 is 9.79. The molecule has 10 nitrogen and oxygen atoms in total. The van der Waals surface area contributed by atoms with Crippen molar-refractivity contribution in [1.29, 1.82) is 0 Å². The normalized spacial score (nSPS) is 17.5. The van der Waals surface area contributed by atoms with Crippen LogP contribution in [0, 0.1) is 0 Å². The molecular weight excluding hydrogens is 346 g/mol.